The first kappa shape index (κ1) is 22.5. The van der Waals surface area contributed by atoms with Crippen molar-refractivity contribution >= 4 is 38.5 Å². The highest BCUT2D eigenvalue weighted by Gasteiger charge is 2.32. The van der Waals surface area contributed by atoms with Crippen molar-refractivity contribution in [2.45, 2.75) is 32.1 Å². The molecule has 3 N–H and O–H groups in total. The highest BCUT2D eigenvalue weighted by molar-refractivity contribution is 7.22. The minimum Gasteiger partial charge on any atom is -0.390 e. The van der Waals surface area contributed by atoms with Crippen molar-refractivity contribution < 1.29 is 23.8 Å². The summed E-state index contributed by atoms with van der Waals surface area (Å²) in [6.45, 7) is 4.73. The van der Waals surface area contributed by atoms with Gasteiger partial charge in [0.1, 0.15) is 11.9 Å². The van der Waals surface area contributed by atoms with Crippen LogP contribution in [-0.2, 0) is 0 Å². The molecule has 1 saturated heterocycles. The first-order valence-corrected chi connectivity index (χ1v) is 11.0. The van der Waals surface area contributed by atoms with Gasteiger partial charge in [0.25, 0.3) is 0 Å². The average Bonchev–Trinajstić information content (AvgIpc) is 3.16. The van der Waals surface area contributed by atoms with Crippen LogP contribution in [0, 0.1) is 11.6 Å². The minimum atomic E-state index is -1.32. The number of halogens is 2. The Hall–Kier alpha value is -2.73. The van der Waals surface area contributed by atoms with E-state index in [2.05, 4.69) is 15.3 Å². The Labute approximate surface area is 187 Å². The second kappa shape index (κ2) is 9.02. The van der Waals surface area contributed by atoms with Gasteiger partial charge >= 0.3 is 6.03 Å². The molecule has 1 aromatic carbocycles. The molecule has 1 aliphatic rings. The molecule has 0 saturated carbocycles. The number of thiazole rings is 1. The van der Waals surface area contributed by atoms with Crippen molar-refractivity contribution in [1.29, 1.82) is 0 Å². The van der Waals surface area contributed by atoms with Crippen molar-refractivity contribution in [2.24, 2.45) is 0 Å². The number of aromatic nitrogens is 2. The van der Waals surface area contributed by atoms with Crippen molar-refractivity contribution in [3.05, 3.63) is 47.7 Å². The predicted octanol–water partition coefficient (Wildman–Crippen LogP) is 2.94. The number of benzene rings is 1. The molecular weight excluding hydrogens is 440 g/mol. The molecule has 4 rings (SSSR count). The Bertz CT molecular complexity index is 1140. The third-order valence-corrected chi connectivity index (χ3v) is 6.23. The van der Waals surface area contributed by atoms with E-state index in [1.165, 1.54) is 25.3 Å². The lowest BCUT2D eigenvalue weighted by molar-refractivity contribution is 0.0301. The topological polar surface area (TPSA) is 102 Å². The van der Waals surface area contributed by atoms with Crippen LogP contribution in [0.4, 0.5) is 24.5 Å². The van der Waals surface area contributed by atoms with Gasteiger partial charge in [-0.25, -0.2) is 28.4 Å². The fourth-order valence-corrected chi connectivity index (χ4v) is 4.49. The Kier molecular flexibility index (Phi) is 6.33. The molecule has 3 aromatic rings. The van der Waals surface area contributed by atoms with Gasteiger partial charge in [0, 0.05) is 43.5 Å². The molecule has 0 bridgehead atoms. The van der Waals surface area contributed by atoms with Gasteiger partial charge in [0.2, 0.25) is 5.13 Å². The van der Waals surface area contributed by atoms with E-state index in [0.717, 1.165) is 22.3 Å². The summed E-state index contributed by atoms with van der Waals surface area (Å²) in [6, 6.07) is 4.67. The van der Waals surface area contributed by atoms with Crippen LogP contribution in [0.1, 0.15) is 25.5 Å². The largest absolute Gasteiger partial charge is 0.390 e. The van der Waals surface area contributed by atoms with E-state index in [1.54, 1.807) is 11.0 Å². The van der Waals surface area contributed by atoms with Crippen LogP contribution < -0.4 is 10.2 Å². The van der Waals surface area contributed by atoms with Gasteiger partial charge in [-0.05, 0) is 32.0 Å². The van der Waals surface area contributed by atoms with Crippen LogP contribution in [0.25, 0.3) is 10.2 Å². The third kappa shape index (κ3) is 4.42. The zero-order chi connectivity index (χ0) is 23.0. The number of pyridine rings is 1. The fraction of sp³-hybridized carbons (Fsp3) is 0.381. The zero-order valence-corrected chi connectivity index (χ0v) is 18.3. The standard InChI is InChI=1S/C21H23F2N5O3S/c1-11-10-27(6-5-24-11)21(31)28(20-26-16-8-14(22)3-4-17(16)32-20)19-15(23)7-13(9-25-19)18(30)12(2)29/h3-4,7-9,11-12,18,24,29-30H,5-6,10H2,1-2H3/t11?,12-,18+/m1/s1. The first-order valence-electron chi connectivity index (χ1n) is 10.1. The highest BCUT2D eigenvalue weighted by Crippen LogP contribution is 2.35. The number of aliphatic hydroxyl groups is 2. The van der Waals surface area contributed by atoms with Crippen LogP contribution in [-0.4, -0.2) is 62.9 Å². The molecule has 3 atom stereocenters. The number of hydrogen-bond donors (Lipinski definition) is 3. The van der Waals surface area contributed by atoms with E-state index in [1.807, 2.05) is 6.92 Å². The zero-order valence-electron chi connectivity index (χ0n) is 17.5. The van der Waals surface area contributed by atoms with Crippen LogP contribution in [0.15, 0.2) is 30.5 Å². The quantitative estimate of drug-likeness (QED) is 0.550. The van der Waals surface area contributed by atoms with Gasteiger partial charge in [-0.3, -0.25) is 0 Å². The van der Waals surface area contributed by atoms with Gasteiger partial charge in [-0.2, -0.15) is 0 Å². The Morgan fingerprint density at radius 2 is 2.12 bits per heavy atom. The predicted molar refractivity (Wildman–Crippen MR) is 117 cm³/mol. The molecule has 1 aliphatic heterocycles. The Balaban J connectivity index is 1.79. The summed E-state index contributed by atoms with van der Waals surface area (Å²) >= 11 is 1.12. The average molecular weight is 464 g/mol. The van der Waals surface area contributed by atoms with E-state index < -0.39 is 29.9 Å². The molecule has 11 heteroatoms. The molecule has 170 valence electrons. The number of piperazine rings is 1. The van der Waals surface area contributed by atoms with E-state index in [9.17, 15) is 19.4 Å². The number of rotatable bonds is 4. The monoisotopic (exact) mass is 463 g/mol. The molecule has 8 nitrogen and oxygen atoms in total. The summed E-state index contributed by atoms with van der Waals surface area (Å²) in [4.78, 5) is 24.6. The molecule has 2 amide bonds. The number of nitrogens with zero attached hydrogens (tertiary/aromatic N) is 4. The number of fused-ring (bicyclic) bond motifs is 1. The number of urea groups is 1. The van der Waals surface area contributed by atoms with Crippen molar-refractivity contribution in [1.82, 2.24) is 20.2 Å². The number of carbonyl (C=O) groups excluding carboxylic acids is 1. The maximum atomic E-state index is 15.2. The van der Waals surface area contributed by atoms with Crippen LogP contribution in [0.2, 0.25) is 0 Å². The number of aliphatic hydroxyl groups excluding tert-OH is 2. The van der Waals surface area contributed by atoms with Gasteiger partial charge in [0.15, 0.2) is 11.6 Å². The first-order chi connectivity index (χ1) is 15.2. The summed E-state index contributed by atoms with van der Waals surface area (Å²) in [5.41, 5.74) is 0.425. The smallest absolute Gasteiger partial charge is 0.332 e. The molecule has 2 aromatic heterocycles. The molecule has 3 heterocycles. The summed E-state index contributed by atoms with van der Waals surface area (Å²) in [7, 11) is 0. The number of hydrogen-bond acceptors (Lipinski definition) is 7. The van der Waals surface area contributed by atoms with Gasteiger partial charge in [0.05, 0.1) is 16.3 Å². The second-order valence-electron chi connectivity index (χ2n) is 7.79. The minimum absolute atomic E-state index is 0.0559. The maximum Gasteiger partial charge on any atom is 0.332 e. The van der Waals surface area contributed by atoms with Crippen LogP contribution in [0.3, 0.4) is 0 Å². The summed E-state index contributed by atoms with van der Waals surface area (Å²) in [6.07, 6.45) is -1.24. The molecule has 1 unspecified atom stereocenters. The van der Waals surface area contributed by atoms with Crippen LogP contribution >= 0.6 is 11.3 Å². The SMILES string of the molecule is CC1CN(C(=O)N(c2nc3cc(F)ccc3s2)c2ncc([C@@H](O)[C@@H](C)O)cc2F)CCN1. The lowest BCUT2D eigenvalue weighted by atomic mass is 10.1. The molecule has 0 spiro atoms. The van der Waals surface area contributed by atoms with Crippen LogP contribution in [0.5, 0.6) is 0 Å². The summed E-state index contributed by atoms with van der Waals surface area (Å²) < 4.78 is 29.5. The van der Waals surface area contributed by atoms with Crippen molar-refractivity contribution in [3.63, 3.8) is 0 Å². The van der Waals surface area contributed by atoms with E-state index in [-0.39, 0.29) is 22.6 Å². The number of nitrogens with one attached hydrogen (secondary N) is 1. The normalized spacial score (nSPS) is 18.6. The third-order valence-electron chi connectivity index (χ3n) is 5.21. The molecule has 0 aliphatic carbocycles. The number of carbonyl (C=O) groups is 1. The lowest BCUT2D eigenvalue weighted by Crippen LogP contribution is -2.54. The van der Waals surface area contributed by atoms with Gasteiger partial charge < -0.3 is 20.4 Å². The molecule has 0 radical (unpaired) electrons. The molecule has 32 heavy (non-hydrogen) atoms. The highest BCUT2D eigenvalue weighted by atomic mass is 32.1. The van der Waals surface area contributed by atoms with Crippen molar-refractivity contribution in [2.75, 3.05) is 24.5 Å². The van der Waals surface area contributed by atoms with Gasteiger partial charge in [-0.15, -0.1) is 0 Å². The lowest BCUT2D eigenvalue weighted by Gasteiger charge is -2.34. The maximum absolute atomic E-state index is 15.2. The Morgan fingerprint density at radius 3 is 2.81 bits per heavy atom. The van der Waals surface area contributed by atoms with E-state index >= 15 is 4.39 Å². The molecule has 1 fully saturated rings. The summed E-state index contributed by atoms with van der Waals surface area (Å²) in [5.74, 6) is -1.62. The Morgan fingerprint density at radius 1 is 1.34 bits per heavy atom. The van der Waals surface area contributed by atoms with Gasteiger partial charge in [-0.1, -0.05) is 11.3 Å². The second-order valence-corrected chi connectivity index (χ2v) is 8.80. The summed E-state index contributed by atoms with van der Waals surface area (Å²) in [5, 5.41) is 23.0. The fourth-order valence-electron chi connectivity index (χ4n) is 3.54. The molecular formula is C21H23F2N5O3S. The van der Waals surface area contributed by atoms with E-state index in [0.29, 0.717) is 29.9 Å². The number of anilines is 2. The number of amides is 2. The van der Waals surface area contributed by atoms with Crippen molar-refractivity contribution in [3.8, 4) is 0 Å². The van der Waals surface area contributed by atoms with E-state index in [4.69, 9.17) is 0 Å².